The largest absolute Gasteiger partial charge is 0.375 e. The molecule has 2 N–H and O–H groups in total. The number of hydrogen-bond acceptors (Lipinski definition) is 4. The van der Waals surface area contributed by atoms with Crippen molar-refractivity contribution in [3.05, 3.63) is 58.6 Å². The monoisotopic (exact) mass is 414 g/mol. The van der Waals surface area contributed by atoms with Crippen LogP contribution in [0.15, 0.2) is 48.5 Å². The van der Waals surface area contributed by atoms with E-state index in [9.17, 15) is 4.79 Å². The smallest absolute Gasteiger partial charge is 0.243 e. The minimum atomic E-state index is -0.210. The molecule has 0 bridgehead atoms. The maximum Gasteiger partial charge on any atom is 0.243 e. The summed E-state index contributed by atoms with van der Waals surface area (Å²) in [6.45, 7) is 2.14. The van der Waals surface area contributed by atoms with Crippen LogP contribution >= 0.6 is 23.2 Å². The third kappa shape index (κ3) is 4.01. The number of hydrogen-bond donors (Lipinski definition) is 2. The Kier molecular flexibility index (Phi) is 5.55. The lowest BCUT2D eigenvalue weighted by molar-refractivity contribution is -0.114. The number of benzene rings is 2. The SMILES string of the molecule is O=C(CNc1ccccc1Cl)Nc1c(Cl)ccc2nc(N3CCCC3)ccc12. The molecule has 144 valence electrons. The third-order valence-corrected chi connectivity index (χ3v) is 5.46. The lowest BCUT2D eigenvalue weighted by atomic mass is 10.1. The molecule has 0 spiro atoms. The molecule has 0 unspecified atom stereocenters. The van der Waals surface area contributed by atoms with E-state index in [2.05, 4.69) is 15.5 Å². The molecule has 3 aromatic rings. The van der Waals surface area contributed by atoms with Gasteiger partial charge in [0.2, 0.25) is 5.91 Å². The minimum absolute atomic E-state index is 0.0791. The van der Waals surface area contributed by atoms with Crippen LogP contribution < -0.4 is 15.5 Å². The van der Waals surface area contributed by atoms with Crippen LogP contribution in [0.25, 0.3) is 10.9 Å². The summed E-state index contributed by atoms with van der Waals surface area (Å²) >= 11 is 12.5. The molecule has 1 aliphatic rings. The highest BCUT2D eigenvalue weighted by Gasteiger charge is 2.16. The number of nitrogens with zero attached hydrogens (tertiary/aromatic N) is 2. The first-order valence-electron chi connectivity index (χ1n) is 9.24. The van der Waals surface area contributed by atoms with Crippen LogP contribution in [0.5, 0.6) is 0 Å². The molecule has 0 atom stereocenters. The number of nitrogens with one attached hydrogen (secondary N) is 2. The van der Waals surface area contributed by atoms with Crippen molar-refractivity contribution in [3.63, 3.8) is 0 Å². The number of para-hydroxylation sites is 1. The fourth-order valence-electron chi connectivity index (χ4n) is 3.38. The average molecular weight is 415 g/mol. The Morgan fingerprint density at radius 1 is 1.00 bits per heavy atom. The summed E-state index contributed by atoms with van der Waals surface area (Å²) in [5.74, 6) is 0.753. The highest BCUT2D eigenvalue weighted by molar-refractivity contribution is 6.35. The van der Waals surface area contributed by atoms with Gasteiger partial charge in [-0.25, -0.2) is 4.98 Å². The molecule has 7 heteroatoms. The number of fused-ring (bicyclic) bond motifs is 1. The van der Waals surface area contributed by atoms with E-state index < -0.39 is 0 Å². The van der Waals surface area contributed by atoms with Crippen molar-refractivity contribution in [2.45, 2.75) is 12.8 Å². The van der Waals surface area contributed by atoms with Gasteiger partial charge in [-0.15, -0.1) is 0 Å². The maximum atomic E-state index is 12.5. The summed E-state index contributed by atoms with van der Waals surface area (Å²) in [4.78, 5) is 19.5. The number of amides is 1. The van der Waals surface area contributed by atoms with Crippen molar-refractivity contribution >= 4 is 57.2 Å². The molecule has 1 aliphatic heterocycles. The number of pyridine rings is 1. The summed E-state index contributed by atoms with van der Waals surface area (Å²) in [6.07, 6.45) is 2.39. The first-order valence-corrected chi connectivity index (χ1v) is 10.00. The number of aromatic nitrogens is 1. The number of carbonyl (C=O) groups is 1. The topological polar surface area (TPSA) is 57.3 Å². The zero-order valence-corrected chi connectivity index (χ0v) is 16.7. The molecule has 0 aliphatic carbocycles. The zero-order valence-electron chi connectivity index (χ0n) is 15.2. The molecular formula is C21H20Cl2N4O. The Hall–Kier alpha value is -2.50. The highest BCUT2D eigenvalue weighted by atomic mass is 35.5. The second-order valence-corrected chi connectivity index (χ2v) is 7.55. The first kappa shape index (κ1) is 18.8. The van der Waals surface area contributed by atoms with Crippen molar-refractivity contribution in [2.24, 2.45) is 0 Å². The van der Waals surface area contributed by atoms with Crippen LogP contribution in [0.4, 0.5) is 17.2 Å². The first-order chi connectivity index (χ1) is 13.6. The fourth-order valence-corrected chi connectivity index (χ4v) is 3.79. The highest BCUT2D eigenvalue weighted by Crippen LogP contribution is 2.32. The van der Waals surface area contributed by atoms with Crippen molar-refractivity contribution in [2.75, 3.05) is 35.2 Å². The number of halogens is 2. The fraction of sp³-hybridized carbons (Fsp3) is 0.238. The van der Waals surface area contributed by atoms with Gasteiger partial charge in [-0.3, -0.25) is 4.79 Å². The predicted octanol–water partition coefficient (Wildman–Crippen LogP) is 5.19. The van der Waals surface area contributed by atoms with Crippen LogP contribution in [-0.2, 0) is 4.79 Å². The van der Waals surface area contributed by atoms with Gasteiger partial charge in [0.25, 0.3) is 0 Å². The van der Waals surface area contributed by atoms with E-state index in [0.29, 0.717) is 21.4 Å². The van der Waals surface area contributed by atoms with Crippen LogP contribution in [0.3, 0.4) is 0 Å². The van der Waals surface area contributed by atoms with E-state index in [1.807, 2.05) is 36.4 Å². The summed E-state index contributed by atoms with van der Waals surface area (Å²) in [5, 5.41) is 7.81. The van der Waals surface area contributed by atoms with Gasteiger partial charge in [-0.2, -0.15) is 0 Å². The quantitative estimate of drug-likeness (QED) is 0.602. The Morgan fingerprint density at radius 3 is 2.57 bits per heavy atom. The van der Waals surface area contributed by atoms with Gasteiger partial charge < -0.3 is 15.5 Å². The lowest BCUT2D eigenvalue weighted by Crippen LogP contribution is -2.22. The number of carbonyl (C=O) groups excluding carboxylic acids is 1. The summed E-state index contributed by atoms with van der Waals surface area (Å²) < 4.78 is 0. The zero-order chi connectivity index (χ0) is 19.5. The molecule has 5 nitrogen and oxygen atoms in total. The Labute approximate surface area is 173 Å². The Balaban J connectivity index is 1.53. The van der Waals surface area contributed by atoms with Gasteiger partial charge in [0.15, 0.2) is 0 Å². The molecular weight excluding hydrogens is 395 g/mol. The van der Waals surface area contributed by atoms with Gasteiger partial charge >= 0.3 is 0 Å². The molecule has 1 fully saturated rings. The van der Waals surface area contributed by atoms with Gasteiger partial charge in [-0.1, -0.05) is 35.3 Å². The van der Waals surface area contributed by atoms with E-state index in [-0.39, 0.29) is 12.5 Å². The van der Waals surface area contributed by atoms with Gasteiger partial charge in [0.05, 0.1) is 33.5 Å². The lowest BCUT2D eigenvalue weighted by Gasteiger charge is -2.18. The molecule has 1 saturated heterocycles. The molecule has 28 heavy (non-hydrogen) atoms. The summed E-state index contributed by atoms with van der Waals surface area (Å²) in [7, 11) is 0. The van der Waals surface area contributed by atoms with Gasteiger partial charge in [0, 0.05) is 18.5 Å². The van der Waals surface area contributed by atoms with E-state index in [4.69, 9.17) is 28.2 Å². The van der Waals surface area contributed by atoms with E-state index >= 15 is 0 Å². The third-order valence-electron chi connectivity index (χ3n) is 4.81. The molecule has 1 aromatic heterocycles. The molecule has 2 heterocycles. The van der Waals surface area contributed by atoms with Crippen molar-refractivity contribution < 1.29 is 4.79 Å². The van der Waals surface area contributed by atoms with Crippen molar-refractivity contribution in [1.29, 1.82) is 0 Å². The molecule has 4 rings (SSSR count). The van der Waals surface area contributed by atoms with E-state index in [0.717, 1.165) is 29.8 Å². The van der Waals surface area contributed by atoms with Crippen LogP contribution in [-0.4, -0.2) is 30.5 Å². The van der Waals surface area contributed by atoms with Gasteiger partial charge in [-0.05, 0) is 49.2 Å². The standard InChI is InChI=1S/C21H20Cl2N4O/c22-15-5-1-2-6-18(15)24-13-20(28)26-21-14-7-10-19(27-11-3-4-12-27)25-17(14)9-8-16(21)23/h1-2,5-10,24H,3-4,11-13H2,(H,26,28). The van der Waals surface area contributed by atoms with Crippen LogP contribution in [0, 0.1) is 0 Å². The molecule has 0 radical (unpaired) electrons. The normalized spacial score (nSPS) is 13.7. The van der Waals surface area contributed by atoms with E-state index in [1.165, 1.54) is 12.8 Å². The van der Waals surface area contributed by atoms with Crippen molar-refractivity contribution in [3.8, 4) is 0 Å². The molecule has 0 saturated carbocycles. The number of rotatable bonds is 5. The summed E-state index contributed by atoms with van der Waals surface area (Å²) in [5.41, 5.74) is 2.09. The van der Waals surface area contributed by atoms with Crippen LogP contribution in [0.1, 0.15) is 12.8 Å². The van der Waals surface area contributed by atoms with Crippen LogP contribution in [0.2, 0.25) is 10.0 Å². The maximum absolute atomic E-state index is 12.5. The summed E-state index contributed by atoms with van der Waals surface area (Å²) in [6, 6.07) is 14.9. The predicted molar refractivity (Wildman–Crippen MR) is 117 cm³/mol. The second kappa shape index (κ2) is 8.25. The number of anilines is 3. The van der Waals surface area contributed by atoms with Gasteiger partial charge in [0.1, 0.15) is 5.82 Å². The molecule has 2 aromatic carbocycles. The minimum Gasteiger partial charge on any atom is -0.375 e. The average Bonchev–Trinajstić information content (AvgIpc) is 3.24. The molecule has 1 amide bonds. The Morgan fingerprint density at radius 2 is 1.79 bits per heavy atom. The Bertz CT molecular complexity index is 1020. The van der Waals surface area contributed by atoms with E-state index in [1.54, 1.807) is 12.1 Å². The second-order valence-electron chi connectivity index (χ2n) is 6.73. The van der Waals surface area contributed by atoms with Crippen molar-refractivity contribution in [1.82, 2.24) is 4.98 Å².